The number of methoxy groups -OCH3 is 1. The van der Waals surface area contributed by atoms with Gasteiger partial charge < -0.3 is 20.0 Å². The quantitative estimate of drug-likeness (QED) is 0.605. The summed E-state index contributed by atoms with van der Waals surface area (Å²) in [6.07, 6.45) is 1.23. The van der Waals surface area contributed by atoms with Gasteiger partial charge in [-0.1, -0.05) is 35.9 Å². The van der Waals surface area contributed by atoms with Crippen LogP contribution in [0.5, 0.6) is 11.5 Å². The summed E-state index contributed by atoms with van der Waals surface area (Å²) in [5.74, 6) is -0.658. The molecule has 5 heteroatoms. The Morgan fingerprint density at radius 1 is 1.25 bits per heavy atom. The first-order chi connectivity index (χ1) is 11.5. The summed E-state index contributed by atoms with van der Waals surface area (Å²) in [5.41, 5.74) is 2.67. The van der Waals surface area contributed by atoms with Gasteiger partial charge in [-0.3, -0.25) is 4.79 Å². The summed E-state index contributed by atoms with van der Waals surface area (Å²) in [7, 11) is 1.48. The van der Waals surface area contributed by atoms with E-state index in [1.54, 1.807) is 30.3 Å². The summed E-state index contributed by atoms with van der Waals surface area (Å²) >= 11 is 0. The van der Waals surface area contributed by atoms with Crippen LogP contribution in [-0.4, -0.2) is 31.0 Å². The van der Waals surface area contributed by atoms with Gasteiger partial charge in [0.05, 0.1) is 7.11 Å². The van der Waals surface area contributed by atoms with Crippen LogP contribution in [0.2, 0.25) is 0 Å². The SMILES string of the molecule is COc1cc(CCNC(=O)C(C=O)c2ccc(C)cc2)ccc1O. The van der Waals surface area contributed by atoms with Crippen LogP contribution in [0.1, 0.15) is 22.6 Å². The van der Waals surface area contributed by atoms with Gasteiger partial charge in [0.25, 0.3) is 0 Å². The number of hydrogen-bond donors (Lipinski definition) is 2. The third-order valence-corrected chi connectivity index (χ3v) is 3.81. The summed E-state index contributed by atoms with van der Waals surface area (Å²) in [6.45, 7) is 2.34. The van der Waals surface area contributed by atoms with Gasteiger partial charge in [0, 0.05) is 6.54 Å². The number of hydrogen-bond acceptors (Lipinski definition) is 4. The maximum Gasteiger partial charge on any atom is 0.234 e. The van der Waals surface area contributed by atoms with Gasteiger partial charge in [0.2, 0.25) is 5.91 Å². The highest BCUT2D eigenvalue weighted by atomic mass is 16.5. The molecule has 2 N–H and O–H groups in total. The van der Waals surface area contributed by atoms with E-state index in [9.17, 15) is 14.7 Å². The van der Waals surface area contributed by atoms with Crippen molar-refractivity contribution in [2.75, 3.05) is 13.7 Å². The summed E-state index contributed by atoms with van der Waals surface area (Å²) in [5, 5.41) is 12.3. The topological polar surface area (TPSA) is 75.6 Å². The maximum absolute atomic E-state index is 12.2. The molecule has 0 aliphatic carbocycles. The van der Waals surface area contributed by atoms with Crippen LogP contribution in [0, 0.1) is 6.92 Å². The minimum Gasteiger partial charge on any atom is -0.504 e. The van der Waals surface area contributed by atoms with Gasteiger partial charge in [0.15, 0.2) is 11.5 Å². The normalized spacial score (nSPS) is 11.6. The molecule has 2 aromatic rings. The molecule has 1 unspecified atom stereocenters. The number of carbonyl (C=O) groups is 2. The van der Waals surface area contributed by atoms with Crippen molar-refractivity contribution >= 4 is 12.2 Å². The van der Waals surface area contributed by atoms with Crippen molar-refractivity contribution in [3.63, 3.8) is 0 Å². The molecule has 126 valence electrons. The highest BCUT2D eigenvalue weighted by molar-refractivity contribution is 5.97. The van der Waals surface area contributed by atoms with Crippen LogP contribution >= 0.6 is 0 Å². The predicted octanol–water partition coefficient (Wildman–Crippen LogP) is 2.35. The molecule has 1 amide bonds. The number of benzene rings is 2. The van der Waals surface area contributed by atoms with Crippen LogP contribution < -0.4 is 10.1 Å². The van der Waals surface area contributed by atoms with E-state index in [0.717, 1.165) is 11.1 Å². The molecule has 0 heterocycles. The molecule has 2 rings (SSSR count). The third-order valence-electron chi connectivity index (χ3n) is 3.81. The van der Waals surface area contributed by atoms with Gasteiger partial charge in [0.1, 0.15) is 12.2 Å². The number of aryl methyl sites for hydroxylation is 1. The molecule has 0 radical (unpaired) electrons. The van der Waals surface area contributed by atoms with E-state index in [2.05, 4.69) is 5.32 Å². The Balaban J connectivity index is 1.94. The van der Waals surface area contributed by atoms with Crippen molar-refractivity contribution in [1.82, 2.24) is 5.32 Å². The predicted molar refractivity (Wildman–Crippen MR) is 91.4 cm³/mol. The fourth-order valence-electron chi connectivity index (χ4n) is 2.38. The van der Waals surface area contributed by atoms with Crippen molar-refractivity contribution < 1.29 is 19.4 Å². The lowest BCUT2D eigenvalue weighted by atomic mass is 9.98. The average Bonchev–Trinajstić information content (AvgIpc) is 2.58. The number of aldehydes is 1. The number of rotatable bonds is 7. The van der Waals surface area contributed by atoms with Crippen molar-refractivity contribution in [3.05, 3.63) is 59.2 Å². The molecule has 1 atom stereocenters. The fourth-order valence-corrected chi connectivity index (χ4v) is 2.38. The lowest BCUT2D eigenvalue weighted by molar-refractivity contribution is -0.125. The Bertz CT molecular complexity index is 710. The van der Waals surface area contributed by atoms with Crippen molar-refractivity contribution in [1.29, 1.82) is 0 Å². The molecule has 0 saturated carbocycles. The van der Waals surface area contributed by atoms with E-state index in [1.807, 2.05) is 19.1 Å². The summed E-state index contributed by atoms with van der Waals surface area (Å²) in [4.78, 5) is 23.5. The molecule has 5 nitrogen and oxygen atoms in total. The largest absolute Gasteiger partial charge is 0.504 e. The summed E-state index contributed by atoms with van der Waals surface area (Å²) < 4.78 is 5.05. The smallest absolute Gasteiger partial charge is 0.234 e. The van der Waals surface area contributed by atoms with E-state index in [0.29, 0.717) is 30.6 Å². The second-order valence-corrected chi connectivity index (χ2v) is 5.57. The minimum atomic E-state index is -0.806. The Kier molecular flexibility index (Phi) is 5.95. The van der Waals surface area contributed by atoms with Gasteiger partial charge in [-0.05, 0) is 36.6 Å². The van der Waals surface area contributed by atoms with E-state index >= 15 is 0 Å². The van der Waals surface area contributed by atoms with E-state index in [1.165, 1.54) is 7.11 Å². The molecule has 0 aliphatic heterocycles. The van der Waals surface area contributed by atoms with Crippen LogP contribution in [-0.2, 0) is 16.0 Å². The molecule has 24 heavy (non-hydrogen) atoms. The highest BCUT2D eigenvalue weighted by Crippen LogP contribution is 2.26. The van der Waals surface area contributed by atoms with Gasteiger partial charge in [-0.2, -0.15) is 0 Å². The van der Waals surface area contributed by atoms with Gasteiger partial charge >= 0.3 is 0 Å². The molecular formula is C19H21NO4. The molecular weight excluding hydrogens is 306 g/mol. The first-order valence-corrected chi connectivity index (χ1v) is 7.70. The van der Waals surface area contributed by atoms with Gasteiger partial charge in [-0.25, -0.2) is 0 Å². The molecule has 0 fully saturated rings. The zero-order valence-corrected chi connectivity index (χ0v) is 13.8. The lowest BCUT2D eigenvalue weighted by Gasteiger charge is -2.12. The Morgan fingerprint density at radius 3 is 2.58 bits per heavy atom. The number of aromatic hydroxyl groups is 1. The van der Waals surface area contributed by atoms with Crippen molar-refractivity contribution in [3.8, 4) is 11.5 Å². The van der Waals surface area contributed by atoms with E-state index in [-0.39, 0.29) is 11.7 Å². The standard InChI is InChI=1S/C19H21NO4/c1-13-3-6-15(7-4-13)16(12-21)19(23)20-10-9-14-5-8-17(22)18(11-14)24-2/h3-8,11-12,16,22H,9-10H2,1-2H3,(H,20,23). The number of nitrogens with one attached hydrogen (secondary N) is 1. The second kappa shape index (κ2) is 8.15. The number of phenols is 1. The van der Waals surface area contributed by atoms with E-state index < -0.39 is 5.92 Å². The zero-order valence-electron chi connectivity index (χ0n) is 13.8. The van der Waals surface area contributed by atoms with Crippen molar-refractivity contribution in [2.45, 2.75) is 19.3 Å². The first-order valence-electron chi connectivity index (χ1n) is 7.70. The van der Waals surface area contributed by atoms with Crippen LogP contribution in [0.4, 0.5) is 0 Å². The average molecular weight is 327 g/mol. The number of amides is 1. The monoisotopic (exact) mass is 327 g/mol. The van der Waals surface area contributed by atoms with Gasteiger partial charge in [-0.15, -0.1) is 0 Å². The Morgan fingerprint density at radius 2 is 1.96 bits per heavy atom. The first kappa shape index (κ1) is 17.5. The Labute approximate surface area is 141 Å². The number of phenolic OH excluding ortho intramolecular Hbond substituents is 1. The molecule has 0 spiro atoms. The summed E-state index contributed by atoms with van der Waals surface area (Å²) in [6, 6.07) is 12.4. The van der Waals surface area contributed by atoms with Crippen molar-refractivity contribution in [2.24, 2.45) is 0 Å². The fraction of sp³-hybridized carbons (Fsp3) is 0.263. The molecule has 0 bridgehead atoms. The lowest BCUT2D eigenvalue weighted by Crippen LogP contribution is -2.31. The highest BCUT2D eigenvalue weighted by Gasteiger charge is 2.19. The Hall–Kier alpha value is -2.82. The molecule has 0 aromatic heterocycles. The van der Waals surface area contributed by atoms with Crippen LogP contribution in [0.25, 0.3) is 0 Å². The molecule has 2 aromatic carbocycles. The zero-order chi connectivity index (χ0) is 17.5. The number of carbonyl (C=O) groups excluding carboxylic acids is 2. The van der Waals surface area contributed by atoms with Crippen LogP contribution in [0.3, 0.4) is 0 Å². The number of ether oxygens (including phenoxy) is 1. The molecule has 0 saturated heterocycles. The second-order valence-electron chi connectivity index (χ2n) is 5.57. The minimum absolute atomic E-state index is 0.0747. The van der Waals surface area contributed by atoms with Crippen LogP contribution in [0.15, 0.2) is 42.5 Å². The van der Waals surface area contributed by atoms with E-state index in [4.69, 9.17) is 4.74 Å². The maximum atomic E-state index is 12.2. The molecule has 0 aliphatic rings. The third kappa shape index (κ3) is 4.35.